The number of rotatable bonds is 0. The maximum Gasteiger partial charge on any atom is 0.109 e. The highest BCUT2D eigenvalue weighted by Gasteiger charge is 2.25. The van der Waals surface area contributed by atoms with Gasteiger partial charge in [0.25, 0.3) is 0 Å². The lowest BCUT2D eigenvalue weighted by atomic mass is 9.86. The summed E-state index contributed by atoms with van der Waals surface area (Å²) >= 11 is 0. The van der Waals surface area contributed by atoms with Gasteiger partial charge in [-0.1, -0.05) is 0 Å². The Hall–Kier alpha value is -0.0451. The van der Waals surface area contributed by atoms with Crippen molar-refractivity contribution < 1.29 is 4.39 Å². The summed E-state index contributed by atoms with van der Waals surface area (Å²) in [4.78, 5) is 1.90. The first-order valence-corrected chi connectivity index (χ1v) is 2.78. The summed E-state index contributed by atoms with van der Waals surface area (Å²) in [5.74, 6) is -0.250. The summed E-state index contributed by atoms with van der Waals surface area (Å²) in [5, 5.41) is 0. The van der Waals surface area contributed by atoms with Gasteiger partial charge in [-0.2, -0.15) is 0 Å². The minimum Gasteiger partial charge on any atom is -0.304 e. The minimum absolute atomic E-state index is 0.250. The third-order valence-corrected chi connectivity index (χ3v) is 1.47. The Morgan fingerprint density at radius 3 is 2.38 bits per heavy atom. The fourth-order valence-corrected chi connectivity index (χ4v) is 0.982. The number of hydrogen-bond acceptors (Lipinski definition) is 1. The normalized spacial score (nSPS) is 40.8. The van der Waals surface area contributed by atoms with Crippen molar-refractivity contribution in [1.29, 1.82) is 0 Å². The predicted octanol–water partition coefficient (Wildman–Crippen LogP) is 0.227. The Labute approximate surface area is 50.3 Å². The van der Waals surface area contributed by atoms with Crippen LogP contribution in [-0.4, -0.2) is 39.1 Å². The van der Waals surface area contributed by atoms with Gasteiger partial charge >= 0.3 is 0 Å². The minimum atomic E-state index is -0.806. The van der Waals surface area contributed by atoms with Crippen molar-refractivity contribution in [1.82, 2.24) is 4.90 Å². The molecule has 1 saturated heterocycles. The highest BCUT2D eigenvalue weighted by molar-refractivity contribution is 6.12. The van der Waals surface area contributed by atoms with E-state index < -0.39 is 6.17 Å². The van der Waals surface area contributed by atoms with Crippen molar-refractivity contribution in [2.24, 2.45) is 0 Å². The average molecular weight is 113 g/mol. The smallest absolute Gasteiger partial charge is 0.109 e. The van der Waals surface area contributed by atoms with Gasteiger partial charge in [0.05, 0.1) is 7.85 Å². The highest BCUT2D eigenvalue weighted by Crippen LogP contribution is 2.19. The van der Waals surface area contributed by atoms with E-state index in [4.69, 9.17) is 7.85 Å². The Bertz CT molecular complexity index is 78.5. The summed E-state index contributed by atoms with van der Waals surface area (Å²) < 4.78 is 12.4. The molecule has 0 saturated carbocycles. The van der Waals surface area contributed by atoms with Crippen LogP contribution in [0.25, 0.3) is 0 Å². The molecule has 0 N–H and O–H groups in total. The van der Waals surface area contributed by atoms with Crippen LogP contribution >= 0.6 is 0 Å². The van der Waals surface area contributed by atoms with Gasteiger partial charge in [-0.25, -0.2) is 4.39 Å². The molecular formula is C5H9BFN. The summed E-state index contributed by atoms with van der Waals surface area (Å²) in [5.41, 5.74) is 0. The van der Waals surface area contributed by atoms with Crippen LogP contribution in [0.5, 0.6) is 0 Å². The number of nitrogens with zero attached hydrogens (tertiary/aromatic N) is 1. The molecule has 1 aliphatic heterocycles. The second-order valence-electron chi connectivity index (χ2n) is 2.40. The molecule has 0 amide bonds. The molecular weight excluding hydrogens is 104 g/mol. The molecule has 0 aliphatic carbocycles. The molecule has 0 bridgehead atoms. The SMILES string of the molecule is [B]C1CN(C)CC1F. The lowest BCUT2D eigenvalue weighted by Gasteiger charge is -2.02. The molecule has 8 heavy (non-hydrogen) atoms. The molecule has 0 aromatic heterocycles. The van der Waals surface area contributed by atoms with Crippen LogP contribution in [0, 0.1) is 0 Å². The highest BCUT2D eigenvalue weighted by atomic mass is 19.1. The van der Waals surface area contributed by atoms with Crippen LogP contribution in [-0.2, 0) is 0 Å². The zero-order chi connectivity index (χ0) is 6.15. The van der Waals surface area contributed by atoms with E-state index in [0.717, 1.165) is 0 Å². The Kier molecular flexibility index (Phi) is 1.56. The molecule has 1 aliphatic rings. The molecule has 1 fully saturated rings. The lowest BCUT2D eigenvalue weighted by molar-refractivity contribution is 0.321. The molecule has 1 heterocycles. The van der Waals surface area contributed by atoms with E-state index in [1.165, 1.54) is 0 Å². The molecule has 0 spiro atoms. The van der Waals surface area contributed by atoms with Crippen molar-refractivity contribution in [3.63, 3.8) is 0 Å². The van der Waals surface area contributed by atoms with Crippen LogP contribution in [0.1, 0.15) is 0 Å². The van der Waals surface area contributed by atoms with Crippen LogP contribution in [0.4, 0.5) is 4.39 Å². The van der Waals surface area contributed by atoms with Crippen molar-refractivity contribution in [3.05, 3.63) is 0 Å². The zero-order valence-electron chi connectivity index (χ0n) is 4.97. The molecule has 0 aromatic carbocycles. The molecule has 1 rings (SSSR count). The Morgan fingerprint density at radius 2 is 2.25 bits per heavy atom. The fraction of sp³-hybridized carbons (Fsp3) is 1.00. The molecule has 2 radical (unpaired) electrons. The second kappa shape index (κ2) is 2.06. The first-order chi connectivity index (χ1) is 3.70. The van der Waals surface area contributed by atoms with Gasteiger partial charge in [0.1, 0.15) is 6.17 Å². The van der Waals surface area contributed by atoms with E-state index in [0.29, 0.717) is 13.1 Å². The molecule has 2 atom stereocenters. The van der Waals surface area contributed by atoms with E-state index >= 15 is 0 Å². The number of alkyl halides is 1. The maximum absolute atomic E-state index is 12.4. The van der Waals surface area contributed by atoms with Crippen LogP contribution in [0.3, 0.4) is 0 Å². The molecule has 2 unspecified atom stereocenters. The fourth-order valence-electron chi connectivity index (χ4n) is 0.982. The van der Waals surface area contributed by atoms with Crippen molar-refractivity contribution >= 4 is 7.85 Å². The first-order valence-electron chi connectivity index (χ1n) is 2.78. The topological polar surface area (TPSA) is 3.24 Å². The summed E-state index contributed by atoms with van der Waals surface area (Å²) in [6.45, 7) is 1.20. The van der Waals surface area contributed by atoms with Gasteiger partial charge in [-0.3, -0.25) is 0 Å². The quantitative estimate of drug-likeness (QED) is 0.406. The van der Waals surface area contributed by atoms with Gasteiger partial charge in [0, 0.05) is 6.54 Å². The van der Waals surface area contributed by atoms with Gasteiger partial charge < -0.3 is 4.90 Å². The average Bonchev–Trinajstić information content (AvgIpc) is 1.85. The summed E-state index contributed by atoms with van der Waals surface area (Å²) in [6, 6.07) is 0. The van der Waals surface area contributed by atoms with E-state index in [2.05, 4.69) is 0 Å². The van der Waals surface area contributed by atoms with Gasteiger partial charge in [0.2, 0.25) is 0 Å². The van der Waals surface area contributed by atoms with Crippen molar-refractivity contribution in [3.8, 4) is 0 Å². The monoisotopic (exact) mass is 113 g/mol. The van der Waals surface area contributed by atoms with Crippen LogP contribution in [0.15, 0.2) is 0 Å². The lowest BCUT2D eigenvalue weighted by Crippen LogP contribution is -2.13. The van der Waals surface area contributed by atoms with Gasteiger partial charge in [0.15, 0.2) is 0 Å². The molecule has 44 valence electrons. The number of likely N-dealkylation sites (tertiary alicyclic amines) is 1. The molecule has 0 aromatic rings. The largest absolute Gasteiger partial charge is 0.304 e. The van der Waals surface area contributed by atoms with E-state index in [9.17, 15) is 4.39 Å². The van der Waals surface area contributed by atoms with Gasteiger partial charge in [-0.15, -0.1) is 0 Å². The van der Waals surface area contributed by atoms with E-state index in [-0.39, 0.29) is 5.82 Å². The zero-order valence-corrected chi connectivity index (χ0v) is 4.97. The third kappa shape index (κ3) is 1.02. The Balaban J connectivity index is 2.39. The van der Waals surface area contributed by atoms with Crippen molar-refractivity contribution in [2.75, 3.05) is 20.1 Å². The van der Waals surface area contributed by atoms with Crippen LogP contribution < -0.4 is 0 Å². The maximum atomic E-state index is 12.4. The van der Waals surface area contributed by atoms with E-state index in [1.807, 2.05) is 11.9 Å². The van der Waals surface area contributed by atoms with Gasteiger partial charge in [-0.05, 0) is 19.4 Å². The first kappa shape index (κ1) is 6.08. The van der Waals surface area contributed by atoms with E-state index in [1.54, 1.807) is 0 Å². The molecule has 3 heteroatoms. The number of halogens is 1. The Morgan fingerprint density at radius 1 is 1.62 bits per heavy atom. The second-order valence-corrected chi connectivity index (χ2v) is 2.40. The molecule has 1 nitrogen and oxygen atoms in total. The predicted molar refractivity (Wildman–Crippen MR) is 31.9 cm³/mol. The standard InChI is InChI=1S/C5H9BFN/c1-8-2-4(6)5(7)3-8/h4-5H,2-3H2,1H3. The van der Waals surface area contributed by atoms with Crippen molar-refractivity contribution in [2.45, 2.75) is 12.0 Å². The van der Waals surface area contributed by atoms with Crippen LogP contribution in [0.2, 0.25) is 5.82 Å². The third-order valence-electron chi connectivity index (χ3n) is 1.47. The number of hydrogen-bond donors (Lipinski definition) is 0. The summed E-state index contributed by atoms with van der Waals surface area (Å²) in [7, 11) is 7.23. The summed E-state index contributed by atoms with van der Waals surface area (Å²) in [6.07, 6.45) is -0.806.